The zero-order valence-corrected chi connectivity index (χ0v) is 18.3. The number of aliphatic hydroxyl groups excluding tert-OH is 1. The molecule has 4 heteroatoms. The molecule has 5 atom stereocenters. The van der Waals surface area contributed by atoms with Crippen LogP contribution in [0.5, 0.6) is 5.75 Å². The lowest BCUT2D eigenvalue weighted by Gasteiger charge is -2.50. The molecule has 0 aliphatic heterocycles. The van der Waals surface area contributed by atoms with Gasteiger partial charge in [-0.2, -0.15) is 0 Å². The number of hydrogen-bond donors (Lipinski definition) is 2. The maximum atomic E-state index is 12.2. The fraction of sp³-hybridized carbons (Fsp3) is 0.519. The number of rotatable bonds is 5. The molecule has 0 radical (unpaired) electrons. The van der Waals surface area contributed by atoms with Gasteiger partial charge >= 0.3 is 0 Å². The first-order valence-electron chi connectivity index (χ1n) is 11.8. The molecular weight excluding hydrogens is 386 g/mol. The second kappa shape index (κ2) is 8.31. The van der Waals surface area contributed by atoms with Crippen molar-refractivity contribution in [2.45, 2.75) is 64.0 Å². The molecule has 0 spiro atoms. The first-order valence-corrected chi connectivity index (χ1v) is 11.8. The normalized spacial score (nSPS) is 31.3. The molecule has 1 amide bonds. The van der Waals surface area contributed by atoms with Crippen LogP contribution in [-0.4, -0.2) is 23.7 Å². The van der Waals surface area contributed by atoms with Crippen molar-refractivity contribution in [3.05, 3.63) is 65.2 Å². The molecule has 3 aliphatic rings. The van der Waals surface area contributed by atoms with Crippen LogP contribution >= 0.6 is 0 Å². The number of fused-ring (bicyclic) bond motifs is 5. The van der Waals surface area contributed by atoms with Crippen molar-refractivity contribution in [1.82, 2.24) is 5.32 Å². The number of nitrogens with one attached hydrogen (secondary N) is 1. The number of ether oxygens (including phenoxy) is 1. The topological polar surface area (TPSA) is 58.6 Å². The van der Waals surface area contributed by atoms with Gasteiger partial charge in [-0.15, -0.1) is 0 Å². The van der Waals surface area contributed by atoms with Crippen molar-refractivity contribution in [3.63, 3.8) is 0 Å². The smallest absolute Gasteiger partial charge is 0.258 e. The Balaban J connectivity index is 1.21. The quantitative estimate of drug-likeness (QED) is 0.745. The van der Waals surface area contributed by atoms with Gasteiger partial charge in [-0.1, -0.05) is 43.3 Å². The van der Waals surface area contributed by atoms with Crippen LogP contribution in [0.1, 0.15) is 61.6 Å². The standard InChI is InChI=1S/C27H33NO3/c1-27-14-13-22-21-10-8-20(31-17-26(30)28-16-18-5-3-2-4-6-18)15-19(21)7-9-23(22)24(27)11-12-25(27)29/h2-6,8,10,15,22-25,29H,7,9,11-14,16-17H2,1H3,(H,28,30). The summed E-state index contributed by atoms with van der Waals surface area (Å²) in [6.07, 6.45) is 6.58. The SMILES string of the molecule is CC12CCC3c4ccc(OCC(=O)NCc5ccccc5)cc4CCC3C1CCC2O. The van der Waals surface area contributed by atoms with Crippen LogP contribution < -0.4 is 10.1 Å². The van der Waals surface area contributed by atoms with Crippen molar-refractivity contribution in [1.29, 1.82) is 0 Å². The van der Waals surface area contributed by atoms with Gasteiger partial charge in [0.05, 0.1) is 6.10 Å². The molecular formula is C27H33NO3. The highest BCUT2D eigenvalue weighted by Crippen LogP contribution is 2.60. The van der Waals surface area contributed by atoms with Crippen LogP contribution in [0.4, 0.5) is 0 Å². The van der Waals surface area contributed by atoms with E-state index >= 15 is 0 Å². The maximum Gasteiger partial charge on any atom is 0.258 e. The Bertz CT molecular complexity index is 943. The summed E-state index contributed by atoms with van der Waals surface area (Å²) in [5.41, 5.74) is 4.05. The molecule has 4 nitrogen and oxygen atoms in total. The molecule has 0 heterocycles. The van der Waals surface area contributed by atoms with E-state index < -0.39 is 0 Å². The molecule has 0 bridgehead atoms. The largest absolute Gasteiger partial charge is 0.484 e. The van der Waals surface area contributed by atoms with Gasteiger partial charge < -0.3 is 15.2 Å². The summed E-state index contributed by atoms with van der Waals surface area (Å²) in [5.74, 6) is 2.63. The van der Waals surface area contributed by atoms with Crippen molar-refractivity contribution in [3.8, 4) is 5.75 Å². The van der Waals surface area contributed by atoms with Gasteiger partial charge in [-0.05, 0) is 90.5 Å². The van der Waals surface area contributed by atoms with Gasteiger partial charge in [0, 0.05) is 6.54 Å². The number of carbonyl (C=O) groups is 1. The highest BCUT2D eigenvalue weighted by atomic mass is 16.5. The average Bonchev–Trinajstić information content (AvgIpc) is 3.11. The molecule has 5 rings (SSSR count). The van der Waals surface area contributed by atoms with Crippen LogP contribution in [0.25, 0.3) is 0 Å². The van der Waals surface area contributed by atoms with Crippen molar-refractivity contribution >= 4 is 5.91 Å². The minimum Gasteiger partial charge on any atom is -0.484 e. The Labute approximate surface area is 185 Å². The van der Waals surface area contributed by atoms with E-state index in [1.807, 2.05) is 36.4 Å². The van der Waals surface area contributed by atoms with Gasteiger partial charge in [-0.25, -0.2) is 0 Å². The molecule has 2 fully saturated rings. The third kappa shape index (κ3) is 3.87. The van der Waals surface area contributed by atoms with E-state index in [0.717, 1.165) is 30.6 Å². The Morgan fingerprint density at radius 2 is 1.97 bits per heavy atom. The average molecular weight is 420 g/mol. The zero-order chi connectivity index (χ0) is 21.4. The van der Waals surface area contributed by atoms with Crippen LogP contribution in [-0.2, 0) is 17.8 Å². The molecule has 2 aromatic carbocycles. The summed E-state index contributed by atoms with van der Waals surface area (Å²) in [7, 11) is 0. The summed E-state index contributed by atoms with van der Waals surface area (Å²) in [6.45, 7) is 2.88. The number of amides is 1. The van der Waals surface area contributed by atoms with Gasteiger partial charge in [0.15, 0.2) is 6.61 Å². The molecule has 0 saturated heterocycles. The third-order valence-electron chi connectivity index (χ3n) is 8.35. The second-order valence-electron chi connectivity index (χ2n) is 9.96. The van der Waals surface area contributed by atoms with Crippen molar-refractivity contribution in [2.24, 2.45) is 17.3 Å². The molecule has 31 heavy (non-hydrogen) atoms. The van der Waals surface area contributed by atoms with Gasteiger partial charge in [-0.3, -0.25) is 4.79 Å². The van der Waals surface area contributed by atoms with Crippen molar-refractivity contribution in [2.75, 3.05) is 6.61 Å². The van der Waals surface area contributed by atoms with Gasteiger partial charge in [0.2, 0.25) is 0 Å². The van der Waals surface area contributed by atoms with Gasteiger partial charge in [0.25, 0.3) is 5.91 Å². The number of benzene rings is 2. The molecule has 3 aliphatic carbocycles. The van der Waals surface area contributed by atoms with E-state index in [1.165, 1.54) is 30.4 Å². The maximum absolute atomic E-state index is 12.2. The Morgan fingerprint density at radius 1 is 1.13 bits per heavy atom. The second-order valence-corrected chi connectivity index (χ2v) is 9.96. The fourth-order valence-corrected chi connectivity index (χ4v) is 6.62. The van der Waals surface area contributed by atoms with Crippen LogP contribution in [0.3, 0.4) is 0 Å². The van der Waals surface area contributed by atoms with Crippen LogP contribution in [0.15, 0.2) is 48.5 Å². The summed E-state index contributed by atoms with van der Waals surface area (Å²) in [5, 5.41) is 13.5. The Kier molecular flexibility index (Phi) is 5.51. The number of aryl methyl sites for hydroxylation is 1. The monoisotopic (exact) mass is 419 g/mol. The summed E-state index contributed by atoms with van der Waals surface area (Å²) < 4.78 is 5.81. The summed E-state index contributed by atoms with van der Waals surface area (Å²) >= 11 is 0. The minimum atomic E-state index is -0.122. The summed E-state index contributed by atoms with van der Waals surface area (Å²) in [4.78, 5) is 12.2. The highest BCUT2D eigenvalue weighted by molar-refractivity contribution is 5.77. The van der Waals surface area contributed by atoms with Crippen LogP contribution in [0, 0.1) is 17.3 Å². The predicted octanol–water partition coefficient (Wildman–Crippen LogP) is 4.60. The zero-order valence-electron chi connectivity index (χ0n) is 18.3. The number of hydrogen-bond acceptors (Lipinski definition) is 3. The van der Waals surface area contributed by atoms with E-state index in [9.17, 15) is 9.90 Å². The predicted molar refractivity (Wildman–Crippen MR) is 121 cm³/mol. The Morgan fingerprint density at radius 3 is 2.81 bits per heavy atom. The number of carbonyl (C=O) groups excluding carboxylic acids is 1. The van der Waals surface area contributed by atoms with Gasteiger partial charge in [0.1, 0.15) is 5.75 Å². The van der Waals surface area contributed by atoms with E-state index in [4.69, 9.17) is 4.74 Å². The molecule has 0 aromatic heterocycles. The van der Waals surface area contributed by atoms with E-state index in [1.54, 1.807) is 0 Å². The lowest BCUT2D eigenvalue weighted by molar-refractivity contribution is -0.123. The summed E-state index contributed by atoms with van der Waals surface area (Å²) in [6, 6.07) is 16.3. The number of aliphatic hydroxyl groups is 1. The van der Waals surface area contributed by atoms with Crippen molar-refractivity contribution < 1.29 is 14.6 Å². The molecule has 2 N–H and O–H groups in total. The molecule has 5 unspecified atom stereocenters. The lowest BCUT2D eigenvalue weighted by Crippen LogP contribution is -2.43. The molecule has 2 aromatic rings. The molecule has 164 valence electrons. The third-order valence-corrected chi connectivity index (χ3v) is 8.35. The first-order chi connectivity index (χ1) is 15.0. The van der Waals surface area contributed by atoms with Crippen LogP contribution in [0.2, 0.25) is 0 Å². The van der Waals surface area contributed by atoms with E-state index in [2.05, 4.69) is 24.4 Å². The lowest BCUT2D eigenvalue weighted by atomic mass is 9.55. The van der Waals surface area contributed by atoms with E-state index in [0.29, 0.717) is 24.3 Å². The minimum absolute atomic E-state index is 0.0377. The Hall–Kier alpha value is -2.33. The first kappa shape index (κ1) is 20.6. The highest BCUT2D eigenvalue weighted by Gasteiger charge is 2.54. The fourth-order valence-electron chi connectivity index (χ4n) is 6.62. The van der Waals surface area contributed by atoms with E-state index in [-0.39, 0.29) is 24.0 Å². The molecule has 2 saturated carbocycles.